The van der Waals surface area contributed by atoms with Crippen molar-refractivity contribution in [1.82, 2.24) is 24.6 Å². The minimum Gasteiger partial charge on any atom is -0.455 e. The molecule has 17 heteroatoms. The molecule has 3 aromatic heterocycles. The first kappa shape index (κ1) is 41.6. The maximum atomic E-state index is 14.1. The molecule has 0 radical (unpaired) electrons. The molecule has 2 amide bonds. The minimum atomic E-state index is -3.58. The molecular formula is C45H49ClN8O7S. The number of carbonyl (C=O) groups is 2. The maximum absolute atomic E-state index is 14.1. The predicted molar refractivity (Wildman–Crippen MR) is 238 cm³/mol. The number of amides is 2. The highest BCUT2D eigenvalue weighted by molar-refractivity contribution is 7.99. The number of pyridine rings is 2. The summed E-state index contributed by atoms with van der Waals surface area (Å²) in [6.07, 6.45) is 14.1. The number of nitro benzene ring substituents is 1. The molecule has 15 nitrogen and oxygen atoms in total. The van der Waals surface area contributed by atoms with E-state index in [0.29, 0.717) is 73.3 Å². The number of fused-ring (bicyclic) bond motifs is 1. The molecule has 2 aromatic carbocycles. The van der Waals surface area contributed by atoms with E-state index in [1.165, 1.54) is 18.2 Å². The molecule has 3 saturated heterocycles. The molecular weight excluding hydrogens is 832 g/mol. The lowest BCUT2D eigenvalue weighted by Crippen LogP contribution is -2.63. The Morgan fingerprint density at radius 3 is 2.58 bits per heavy atom. The summed E-state index contributed by atoms with van der Waals surface area (Å²) >= 11 is 6.37. The van der Waals surface area contributed by atoms with E-state index in [0.717, 1.165) is 68.0 Å². The Bertz CT molecular complexity index is 2620. The zero-order chi connectivity index (χ0) is 43.0. The van der Waals surface area contributed by atoms with Gasteiger partial charge in [0.05, 0.1) is 47.8 Å². The predicted octanol–water partition coefficient (Wildman–Crippen LogP) is 7.93. The number of aromatic amines is 1. The number of ether oxygens (including phenoxy) is 2. The van der Waals surface area contributed by atoms with Crippen LogP contribution < -0.4 is 19.7 Å². The molecule has 62 heavy (non-hydrogen) atoms. The fourth-order valence-corrected chi connectivity index (χ4v) is 11.0. The molecule has 4 fully saturated rings. The Labute approximate surface area is 364 Å². The van der Waals surface area contributed by atoms with Gasteiger partial charge in [-0.1, -0.05) is 24.4 Å². The lowest BCUT2D eigenvalue weighted by Gasteiger charge is -2.56. The van der Waals surface area contributed by atoms with Crippen molar-refractivity contribution in [2.24, 2.45) is 17.3 Å². The van der Waals surface area contributed by atoms with Gasteiger partial charge in [-0.3, -0.25) is 29.4 Å². The molecule has 2 unspecified atom stereocenters. The van der Waals surface area contributed by atoms with Crippen LogP contribution in [0.2, 0.25) is 5.02 Å². The molecule has 4 aliphatic rings. The number of β-lactam (4-membered cyclic amide) rings is 1. The van der Waals surface area contributed by atoms with Gasteiger partial charge in [0.15, 0.2) is 0 Å². The van der Waals surface area contributed by atoms with Gasteiger partial charge in [-0.15, -0.1) is 0 Å². The zero-order valence-corrected chi connectivity index (χ0v) is 35.8. The first-order chi connectivity index (χ1) is 30.0. The fraction of sp³-hybridized carbons (Fsp3) is 0.400. The number of aromatic nitrogens is 3. The van der Waals surface area contributed by atoms with Gasteiger partial charge in [-0.25, -0.2) is 9.19 Å². The van der Waals surface area contributed by atoms with Gasteiger partial charge in [0.2, 0.25) is 5.91 Å². The summed E-state index contributed by atoms with van der Waals surface area (Å²) in [5, 5.41) is 16.7. The molecule has 5 aromatic rings. The van der Waals surface area contributed by atoms with E-state index in [-0.39, 0.29) is 39.3 Å². The highest BCUT2D eigenvalue weighted by Gasteiger charge is 2.61. The van der Waals surface area contributed by atoms with Crippen LogP contribution in [0.4, 0.5) is 17.1 Å². The van der Waals surface area contributed by atoms with Crippen molar-refractivity contribution in [2.75, 3.05) is 49.6 Å². The maximum Gasteiger partial charge on any atom is 0.293 e. The van der Waals surface area contributed by atoms with E-state index >= 15 is 0 Å². The van der Waals surface area contributed by atoms with Gasteiger partial charge in [0, 0.05) is 81.2 Å². The Hall–Kier alpha value is -5.71. The Kier molecular flexibility index (Phi) is 11.6. The lowest BCUT2D eigenvalue weighted by molar-refractivity contribution is -0.384. The van der Waals surface area contributed by atoms with Crippen LogP contribution in [0.15, 0.2) is 84.3 Å². The van der Waals surface area contributed by atoms with Gasteiger partial charge in [-0.05, 0) is 104 Å². The number of hydrogen-bond acceptors (Lipinski definition) is 11. The first-order valence-electron chi connectivity index (χ1n) is 21.2. The van der Waals surface area contributed by atoms with Gasteiger partial charge in [-0.2, -0.15) is 0 Å². The monoisotopic (exact) mass is 880 g/mol. The van der Waals surface area contributed by atoms with Crippen LogP contribution in [-0.2, 0) is 19.2 Å². The van der Waals surface area contributed by atoms with E-state index in [9.17, 15) is 23.9 Å². The van der Waals surface area contributed by atoms with Crippen molar-refractivity contribution in [2.45, 2.75) is 62.3 Å². The Morgan fingerprint density at radius 2 is 1.82 bits per heavy atom. The summed E-state index contributed by atoms with van der Waals surface area (Å²) in [7, 11) is -3.58. The van der Waals surface area contributed by atoms with Gasteiger partial charge >= 0.3 is 0 Å². The number of nitrogens with one attached hydrogen (secondary N) is 3. The third kappa shape index (κ3) is 8.30. The summed E-state index contributed by atoms with van der Waals surface area (Å²) in [5.41, 5.74) is 2.27. The smallest absolute Gasteiger partial charge is 0.293 e. The van der Waals surface area contributed by atoms with Gasteiger partial charge in [0.25, 0.3) is 11.6 Å². The number of piperidine rings is 1. The van der Waals surface area contributed by atoms with Crippen molar-refractivity contribution in [1.29, 1.82) is 0 Å². The Morgan fingerprint density at radius 1 is 1.03 bits per heavy atom. The third-order valence-electron chi connectivity index (χ3n) is 13.0. The zero-order valence-electron chi connectivity index (χ0n) is 34.2. The topological polar surface area (TPSA) is 185 Å². The SMILES string of the molecule is C=S(=O)(NC(=O)c1ccc(N2CCC(CN3C(=O)C4(CCCC4)C3c3cncc(Cl)c3)CC2)cc1Oc1cnc2[nH]ccc2c1)c1ccc(NCC2CCOCC2)c([N+](=O)[O-])c1. The number of nitrogens with zero attached hydrogens (tertiary/aromatic N) is 5. The number of halogens is 1. The Balaban J connectivity index is 0.919. The van der Waals surface area contributed by atoms with E-state index in [1.54, 1.807) is 36.8 Å². The van der Waals surface area contributed by atoms with Crippen molar-refractivity contribution in [3.63, 3.8) is 0 Å². The van der Waals surface area contributed by atoms with Crippen LogP contribution in [0.5, 0.6) is 11.5 Å². The van der Waals surface area contributed by atoms with Crippen molar-refractivity contribution >= 4 is 67.1 Å². The molecule has 1 spiro atoms. The van der Waals surface area contributed by atoms with E-state index in [1.807, 2.05) is 29.3 Å². The fourth-order valence-electron chi connectivity index (χ4n) is 9.73. The van der Waals surface area contributed by atoms with E-state index in [2.05, 4.69) is 35.8 Å². The van der Waals surface area contributed by atoms with Crippen LogP contribution in [0, 0.1) is 27.4 Å². The molecule has 0 bridgehead atoms. The number of nitro groups is 1. The van der Waals surface area contributed by atoms with Crippen molar-refractivity contribution in [3.8, 4) is 11.5 Å². The highest BCUT2D eigenvalue weighted by Crippen LogP contribution is 2.59. The van der Waals surface area contributed by atoms with Gasteiger partial charge in [0.1, 0.15) is 22.8 Å². The van der Waals surface area contributed by atoms with Crippen molar-refractivity contribution in [3.05, 3.63) is 106 Å². The minimum absolute atomic E-state index is 0.00660. The standard InChI is InChI=1S/C45H49ClN8O7S/c1-62(59,36-5-7-38(39(23-36)54(57)58)49-24-29-11-18-60-19-12-29)51-43(55)37-6-4-34(22-40(37)61-35-21-31-8-15-48-42(31)50-27-35)52-16-9-30(10-17-52)28-53-41(32-20-33(46)26-47-25-32)45(44(53)56)13-2-3-14-45/h4-8,15,20-23,25-27,29-30,41,49H,1-3,9-14,16-19,24,28H2,(H,48,50)(H,51,55,59). The first-order valence-corrected chi connectivity index (χ1v) is 23.3. The number of benzene rings is 2. The number of rotatable bonds is 13. The molecule has 3 N–H and O–H groups in total. The second kappa shape index (κ2) is 17.2. The van der Waals surface area contributed by atoms with E-state index in [4.69, 9.17) is 21.1 Å². The third-order valence-corrected chi connectivity index (χ3v) is 14.8. The van der Waals surface area contributed by atoms with Crippen LogP contribution in [-0.4, -0.2) is 86.1 Å². The average molecular weight is 881 g/mol. The van der Waals surface area contributed by atoms with Crippen LogP contribution in [0.3, 0.4) is 0 Å². The normalized spacial score (nSPS) is 20.2. The second-order valence-corrected chi connectivity index (χ2v) is 19.4. The van der Waals surface area contributed by atoms with Gasteiger partial charge < -0.3 is 29.6 Å². The number of hydrogen-bond donors (Lipinski definition) is 3. The number of carbonyl (C=O) groups excluding carboxylic acids is 2. The van der Waals surface area contributed by atoms with E-state index < -0.39 is 20.5 Å². The molecule has 1 aliphatic carbocycles. The van der Waals surface area contributed by atoms with Crippen LogP contribution >= 0.6 is 11.6 Å². The summed E-state index contributed by atoms with van der Waals surface area (Å²) < 4.78 is 28.5. The number of likely N-dealkylation sites (tertiary alicyclic amines) is 1. The molecule has 6 heterocycles. The van der Waals surface area contributed by atoms with Crippen LogP contribution in [0.25, 0.3) is 11.0 Å². The second-order valence-electron chi connectivity index (χ2n) is 16.9. The molecule has 9 rings (SSSR count). The summed E-state index contributed by atoms with van der Waals surface area (Å²) in [5.74, 6) is 4.54. The molecule has 2 atom stereocenters. The average Bonchev–Trinajstić information content (AvgIpc) is 3.98. The van der Waals surface area contributed by atoms with Crippen molar-refractivity contribution < 1.29 is 28.2 Å². The molecule has 3 aliphatic heterocycles. The quantitative estimate of drug-likeness (QED) is 0.0452. The largest absolute Gasteiger partial charge is 0.455 e. The molecule has 324 valence electrons. The number of H-pyrrole nitrogens is 1. The number of anilines is 2. The molecule has 1 saturated carbocycles. The van der Waals surface area contributed by atoms with Crippen LogP contribution in [0.1, 0.15) is 73.3 Å². The highest BCUT2D eigenvalue weighted by atomic mass is 35.5. The summed E-state index contributed by atoms with van der Waals surface area (Å²) in [4.78, 5) is 55.6. The summed E-state index contributed by atoms with van der Waals surface area (Å²) in [6.45, 7) is 3.93. The summed E-state index contributed by atoms with van der Waals surface area (Å²) in [6, 6.07) is 15.0. The lowest BCUT2D eigenvalue weighted by atomic mass is 9.66.